The molecular weight excluding hydrogens is 366 g/mol. The van der Waals surface area contributed by atoms with Gasteiger partial charge in [-0.2, -0.15) is 0 Å². The zero-order valence-corrected chi connectivity index (χ0v) is 16.7. The van der Waals surface area contributed by atoms with Gasteiger partial charge in [0.25, 0.3) is 11.7 Å². The predicted octanol–water partition coefficient (Wildman–Crippen LogP) is 4.37. The number of aryl methyl sites for hydroxylation is 1. The number of rotatable bonds is 4. The largest absolute Gasteiger partial charge is 0.507 e. The Morgan fingerprint density at radius 2 is 1.76 bits per heavy atom. The molecule has 1 unspecified atom stereocenters. The molecule has 1 aliphatic heterocycles. The van der Waals surface area contributed by atoms with Crippen LogP contribution in [-0.2, 0) is 9.59 Å². The monoisotopic (exact) mass is 391 g/mol. The number of methoxy groups -OCH3 is 1. The summed E-state index contributed by atoms with van der Waals surface area (Å²) in [6, 6.07) is 14.2. The number of likely N-dealkylation sites (tertiary alicyclic amines) is 1. The van der Waals surface area contributed by atoms with E-state index >= 15 is 0 Å². The molecule has 1 saturated carbocycles. The second-order valence-corrected chi connectivity index (χ2v) is 7.74. The minimum Gasteiger partial charge on any atom is -0.507 e. The second-order valence-electron chi connectivity index (χ2n) is 7.74. The Balaban J connectivity index is 1.88. The first-order chi connectivity index (χ1) is 14.0. The third-order valence-corrected chi connectivity index (χ3v) is 6.00. The number of ketones is 1. The summed E-state index contributed by atoms with van der Waals surface area (Å²) in [7, 11) is 1.58. The average Bonchev–Trinajstić information content (AvgIpc) is 3.35. The molecule has 0 radical (unpaired) electrons. The van der Waals surface area contributed by atoms with Crippen molar-refractivity contribution < 1.29 is 19.4 Å². The fourth-order valence-corrected chi connectivity index (χ4v) is 4.55. The molecule has 0 bridgehead atoms. The van der Waals surface area contributed by atoms with Crippen molar-refractivity contribution in [3.8, 4) is 5.75 Å². The van der Waals surface area contributed by atoms with Crippen molar-refractivity contribution in [2.45, 2.75) is 44.7 Å². The maximum Gasteiger partial charge on any atom is 0.295 e. The molecule has 0 spiro atoms. The lowest BCUT2D eigenvalue weighted by molar-refractivity contribution is -0.141. The van der Waals surface area contributed by atoms with Gasteiger partial charge in [-0.3, -0.25) is 9.59 Å². The number of hydrogen-bond donors (Lipinski definition) is 1. The summed E-state index contributed by atoms with van der Waals surface area (Å²) in [4.78, 5) is 27.8. The molecule has 4 rings (SSSR count). The van der Waals surface area contributed by atoms with E-state index in [1.165, 1.54) is 0 Å². The quantitative estimate of drug-likeness (QED) is 0.477. The topological polar surface area (TPSA) is 66.8 Å². The molecule has 1 amide bonds. The van der Waals surface area contributed by atoms with E-state index in [1.807, 2.05) is 37.3 Å². The van der Waals surface area contributed by atoms with Crippen molar-refractivity contribution in [2.75, 3.05) is 7.11 Å². The smallest absolute Gasteiger partial charge is 0.295 e. The highest BCUT2D eigenvalue weighted by molar-refractivity contribution is 6.46. The van der Waals surface area contributed by atoms with E-state index in [-0.39, 0.29) is 17.4 Å². The maximum atomic E-state index is 13.1. The van der Waals surface area contributed by atoms with Crippen LogP contribution in [0.2, 0.25) is 0 Å². The van der Waals surface area contributed by atoms with Crippen LogP contribution in [0.5, 0.6) is 5.75 Å². The average molecular weight is 391 g/mol. The molecule has 2 fully saturated rings. The van der Waals surface area contributed by atoms with Crippen LogP contribution in [0.3, 0.4) is 0 Å². The second kappa shape index (κ2) is 7.74. The fourth-order valence-electron chi connectivity index (χ4n) is 4.55. The Morgan fingerprint density at radius 1 is 1.07 bits per heavy atom. The van der Waals surface area contributed by atoms with Gasteiger partial charge in [-0.05, 0) is 49.1 Å². The van der Waals surface area contributed by atoms with Crippen LogP contribution in [0, 0.1) is 6.92 Å². The fraction of sp³-hybridized carbons (Fsp3) is 0.333. The third kappa shape index (κ3) is 3.31. The molecule has 1 atom stereocenters. The minimum absolute atomic E-state index is 0.0268. The number of benzene rings is 2. The molecule has 1 aliphatic carbocycles. The molecule has 0 aromatic heterocycles. The van der Waals surface area contributed by atoms with Crippen molar-refractivity contribution in [3.63, 3.8) is 0 Å². The van der Waals surface area contributed by atoms with E-state index in [4.69, 9.17) is 4.74 Å². The first-order valence-electron chi connectivity index (χ1n) is 10.0. The summed E-state index contributed by atoms with van der Waals surface area (Å²) in [6.07, 6.45) is 3.87. The zero-order chi connectivity index (χ0) is 20.5. The molecule has 5 nitrogen and oxygen atoms in total. The van der Waals surface area contributed by atoms with Crippen LogP contribution in [0.1, 0.15) is 48.4 Å². The van der Waals surface area contributed by atoms with Gasteiger partial charge in [0, 0.05) is 11.6 Å². The first-order valence-corrected chi connectivity index (χ1v) is 10.0. The molecule has 1 saturated heterocycles. The molecular formula is C24H25NO4. The molecule has 2 aromatic rings. The molecule has 29 heavy (non-hydrogen) atoms. The third-order valence-electron chi connectivity index (χ3n) is 6.00. The van der Waals surface area contributed by atoms with Crippen LogP contribution in [0.4, 0.5) is 0 Å². The number of aliphatic hydroxyl groups is 1. The number of amides is 1. The normalized spacial score (nSPS) is 21.7. The SMILES string of the molecule is COc1ccc(/C(O)=C2/C(=O)C(=O)N(C3CCCC3)C2c2ccccc2)c(C)c1. The highest BCUT2D eigenvalue weighted by Gasteiger charge is 2.49. The zero-order valence-electron chi connectivity index (χ0n) is 16.7. The van der Waals surface area contributed by atoms with Gasteiger partial charge in [0.1, 0.15) is 11.5 Å². The van der Waals surface area contributed by atoms with Gasteiger partial charge in [0.2, 0.25) is 0 Å². The summed E-state index contributed by atoms with van der Waals surface area (Å²) in [5.74, 6) is -0.583. The summed E-state index contributed by atoms with van der Waals surface area (Å²) in [6.45, 7) is 1.85. The van der Waals surface area contributed by atoms with E-state index < -0.39 is 17.7 Å². The molecule has 2 aliphatic rings. The van der Waals surface area contributed by atoms with Crippen molar-refractivity contribution in [3.05, 3.63) is 70.8 Å². The lowest BCUT2D eigenvalue weighted by atomic mass is 9.93. The van der Waals surface area contributed by atoms with Crippen LogP contribution in [0.25, 0.3) is 5.76 Å². The van der Waals surface area contributed by atoms with Gasteiger partial charge in [0.05, 0.1) is 18.7 Å². The van der Waals surface area contributed by atoms with E-state index in [0.717, 1.165) is 36.8 Å². The van der Waals surface area contributed by atoms with Crippen LogP contribution < -0.4 is 4.74 Å². The molecule has 150 valence electrons. The summed E-state index contributed by atoms with van der Waals surface area (Å²) in [5.41, 5.74) is 2.32. The molecule has 5 heteroatoms. The molecule has 2 aromatic carbocycles. The number of carbonyl (C=O) groups is 2. The number of carbonyl (C=O) groups excluding carboxylic acids is 2. The Labute approximate surface area is 170 Å². The van der Waals surface area contributed by atoms with Gasteiger partial charge in [0.15, 0.2) is 0 Å². The van der Waals surface area contributed by atoms with E-state index in [2.05, 4.69) is 0 Å². The van der Waals surface area contributed by atoms with Gasteiger partial charge in [-0.25, -0.2) is 0 Å². The predicted molar refractivity (Wildman–Crippen MR) is 111 cm³/mol. The molecule has 1 N–H and O–H groups in total. The lowest BCUT2D eigenvalue weighted by Crippen LogP contribution is -2.37. The van der Waals surface area contributed by atoms with Gasteiger partial charge in [-0.15, -0.1) is 0 Å². The van der Waals surface area contributed by atoms with Gasteiger partial charge >= 0.3 is 0 Å². The number of hydrogen-bond acceptors (Lipinski definition) is 4. The van der Waals surface area contributed by atoms with Crippen molar-refractivity contribution >= 4 is 17.4 Å². The van der Waals surface area contributed by atoms with Crippen LogP contribution in [0.15, 0.2) is 54.1 Å². The summed E-state index contributed by atoms with van der Waals surface area (Å²) in [5, 5.41) is 11.2. The number of Topliss-reactive ketones (excluding diaryl/α,β-unsaturated/α-hetero) is 1. The van der Waals surface area contributed by atoms with E-state index in [9.17, 15) is 14.7 Å². The van der Waals surface area contributed by atoms with Crippen molar-refractivity contribution in [1.29, 1.82) is 0 Å². The molecule has 1 heterocycles. The summed E-state index contributed by atoms with van der Waals surface area (Å²) >= 11 is 0. The van der Waals surface area contributed by atoms with Crippen molar-refractivity contribution in [2.24, 2.45) is 0 Å². The lowest BCUT2D eigenvalue weighted by Gasteiger charge is -2.30. The Morgan fingerprint density at radius 3 is 2.38 bits per heavy atom. The highest BCUT2D eigenvalue weighted by Crippen LogP contribution is 2.43. The van der Waals surface area contributed by atoms with Crippen LogP contribution in [-0.4, -0.2) is 34.8 Å². The van der Waals surface area contributed by atoms with Crippen LogP contribution >= 0.6 is 0 Å². The standard InChI is InChI=1S/C24H25NO4/c1-15-14-18(29-2)12-13-19(15)22(26)20-21(16-8-4-3-5-9-16)25(24(28)23(20)27)17-10-6-7-11-17/h3-5,8-9,12-14,17,21,26H,6-7,10-11H2,1-2H3/b22-20-. The summed E-state index contributed by atoms with van der Waals surface area (Å²) < 4.78 is 5.24. The Hall–Kier alpha value is -3.08. The Kier molecular flexibility index (Phi) is 5.14. The van der Waals surface area contributed by atoms with Gasteiger partial charge < -0.3 is 14.7 Å². The Bertz CT molecular complexity index is 974. The van der Waals surface area contributed by atoms with Gasteiger partial charge in [-0.1, -0.05) is 43.2 Å². The maximum absolute atomic E-state index is 13.1. The number of nitrogens with zero attached hydrogens (tertiary/aromatic N) is 1. The number of ether oxygens (including phenoxy) is 1. The highest BCUT2D eigenvalue weighted by atomic mass is 16.5. The van der Waals surface area contributed by atoms with Crippen molar-refractivity contribution in [1.82, 2.24) is 4.90 Å². The number of aliphatic hydroxyl groups excluding tert-OH is 1. The van der Waals surface area contributed by atoms with E-state index in [0.29, 0.717) is 11.3 Å². The minimum atomic E-state index is -0.613. The van der Waals surface area contributed by atoms with E-state index in [1.54, 1.807) is 30.2 Å². The first kappa shape index (κ1) is 19.2.